The van der Waals surface area contributed by atoms with Gasteiger partial charge in [-0.25, -0.2) is 8.42 Å². The van der Waals surface area contributed by atoms with Crippen molar-refractivity contribution in [2.45, 2.75) is 70.0 Å². The maximum absolute atomic E-state index is 14.0. The number of nitrogens with one attached hydrogen (secondary N) is 1. The van der Waals surface area contributed by atoms with Gasteiger partial charge in [0.2, 0.25) is 11.8 Å². The Morgan fingerprint density at radius 3 is 2.20 bits per heavy atom. The number of hydrogen-bond donors (Lipinski definition) is 1. The van der Waals surface area contributed by atoms with Crippen molar-refractivity contribution in [3.05, 3.63) is 90.0 Å². The maximum atomic E-state index is 14.0. The molecule has 0 aliphatic heterocycles. The molecule has 8 nitrogen and oxygen atoms in total. The summed E-state index contributed by atoms with van der Waals surface area (Å²) in [4.78, 5) is 28.9. The van der Waals surface area contributed by atoms with Crippen LogP contribution in [0, 0.1) is 6.92 Å². The number of carbonyl (C=O) groups is 2. The van der Waals surface area contributed by atoms with Crippen LogP contribution in [0.4, 0.5) is 5.69 Å². The number of ether oxygens (including phenoxy) is 1. The van der Waals surface area contributed by atoms with Crippen LogP contribution in [0.25, 0.3) is 0 Å². The Morgan fingerprint density at radius 2 is 1.59 bits per heavy atom. The number of benzene rings is 3. The number of anilines is 1. The molecule has 1 fully saturated rings. The van der Waals surface area contributed by atoms with Crippen LogP contribution >= 0.6 is 0 Å². The minimum atomic E-state index is -4.11. The summed E-state index contributed by atoms with van der Waals surface area (Å²) < 4.78 is 34.4. The molecule has 9 heteroatoms. The fourth-order valence-corrected chi connectivity index (χ4v) is 6.42. The van der Waals surface area contributed by atoms with Crippen molar-refractivity contribution in [3.8, 4) is 5.75 Å². The summed E-state index contributed by atoms with van der Waals surface area (Å²) in [5, 5.41) is 3.09. The summed E-state index contributed by atoms with van der Waals surface area (Å²) in [5.74, 6) is -0.123. The fourth-order valence-electron chi connectivity index (χ4n) is 4.99. The standard InChI is InChI=1S/C32H39N3O5S/c1-4-40-29-20-18-28(19-21-29)35(41(38,39)30-12-6-5-7-13-30)23-31(36)34(22-26-16-14-24(2)15-17-26)25(3)32(37)33-27-10-8-9-11-27/h5-7,12-21,25,27H,4,8-11,22-23H2,1-3H3,(H,33,37)/t25-/m0/s1. The molecule has 4 rings (SSSR count). The summed E-state index contributed by atoms with van der Waals surface area (Å²) in [6.07, 6.45) is 3.98. The Morgan fingerprint density at radius 1 is 0.951 bits per heavy atom. The van der Waals surface area contributed by atoms with Gasteiger partial charge in [0.05, 0.1) is 17.2 Å². The molecule has 1 atom stereocenters. The molecule has 3 aromatic rings. The Hall–Kier alpha value is -3.85. The van der Waals surface area contributed by atoms with Crippen LogP contribution in [-0.4, -0.2) is 50.4 Å². The van der Waals surface area contributed by atoms with E-state index in [1.165, 1.54) is 17.0 Å². The zero-order valence-corrected chi connectivity index (χ0v) is 24.8. The lowest BCUT2D eigenvalue weighted by molar-refractivity contribution is -0.139. The SMILES string of the molecule is CCOc1ccc(N(CC(=O)N(Cc2ccc(C)cc2)[C@@H](C)C(=O)NC2CCCC2)S(=O)(=O)c2ccccc2)cc1. The molecule has 0 unspecified atom stereocenters. The normalized spacial score (nSPS) is 14.3. The zero-order chi connectivity index (χ0) is 29.4. The minimum absolute atomic E-state index is 0.0683. The second-order valence-corrected chi connectivity index (χ2v) is 12.3. The highest BCUT2D eigenvalue weighted by Crippen LogP contribution is 2.27. The third-order valence-corrected chi connectivity index (χ3v) is 9.18. The first-order valence-electron chi connectivity index (χ1n) is 14.1. The van der Waals surface area contributed by atoms with Crippen LogP contribution in [0.1, 0.15) is 50.7 Å². The number of aryl methyl sites for hydroxylation is 1. The smallest absolute Gasteiger partial charge is 0.264 e. The van der Waals surface area contributed by atoms with Crippen LogP contribution < -0.4 is 14.4 Å². The lowest BCUT2D eigenvalue weighted by atomic mass is 10.1. The van der Waals surface area contributed by atoms with E-state index in [0.29, 0.717) is 18.0 Å². The Kier molecular flexibility index (Phi) is 10.0. The van der Waals surface area contributed by atoms with Gasteiger partial charge >= 0.3 is 0 Å². The Bertz CT molecular complexity index is 1400. The Balaban J connectivity index is 1.67. The van der Waals surface area contributed by atoms with Gasteiger partial charge < -0.3 is 15.0 Å². The number of carbonyl (C=O) groups excluding carboxylic acids is 2. The fraction of sp³-hybridized carbons (Fsp3) is 0.375. The lowest BCUT2D eigenvalue weighted by Gasteiger charge is -2.32. The zero-order valence-electron chi connectivity index (χ0n) is 24.0. The van der Waals surface area contributed by atoms with Gasteiger partial charge in [0.25, 0.3) is 10.0 Å². The van der Waals surface area contributed by atoms with E-state index >= 15 is 0 Å². The van der Waals surface area contributed by atoms with Gasteiger partial charge in [0.15, 0.2) is 0 Å². The highest BCUT2D eigenvalue weighted by Gasteiger charge is 2.33. The number of rotatable bonds is 12. The first-order chi connectivity index (χ1) is 19.7. The summed E-state index contributed by atoms with van der Waals surface area (Å²) >= 11 is 0. The maximum Gasteiger partial charge on any atom is 0.264 e. The van der Waals surface area contributed by atoms with Crippen molar-refractivity contribution in [2.24, 2.45) is 0 Å². The largest absolute Gasteiger partial charge is 0.494 e. The van der Waals surface area contributed by atoms with Crippen LogP contribution in [0.2, 0.25) is 0 Å². The van der Waals surface area contributed by atoms with E-state index in [4.69, 9.17) is 4.74 Å². The molecule has 41 heavy (non-hydrogen) atoms. The molecule has 0 radical (unpaired) electrons. The summed E-state index contributed by atoms with van der Waals surface area (Å²) in [6, 6.07) is 21.7. The quantitative estimate of drug-likeness (QED) is 0.325. The molecule has 1 aliphatic rings. The van der Waals surface area contributed by atoms with E-state index in [1.54, 1.807) is 49.4 Å². The van der Waals surface area contributed by atoms with E-state index in [0.717, 1.165) is 41.1 Å². The van der Waals surface area contributed by atoms with E-state index in [2.05, 4.69) is 5.32 Å². The van der Waals surface area contributed by atoms with E-state index < -0.39 is 28.5 Å². The third-order valence-electron chi connectivity index (χ3n) is 7.39. The topological polar surface area (TPSA) is 96.0 Å². The number of nitrogens with zero attached hydrogens (tertiary/aromatic N) is 2. The molecular weight excluding hydrogens is 538 g/mol. The van der Waals surface area contributed by atoms with Gasteiger partial charge in [0, 0.05) is 12.6 Å². The van der Waals surface area contributed by atoms with Crippen molar-refractivity contribution in [3.63, 3.8) is 0 Å². The van der Waals surface area contributed by atoms with Crippen molar-refractivity contribution < 1.29 is 22.7 Å². The Labute approximate surface area is 243 Å². The van der Waals surface area contributed by atoms with Gasteiger partial charge in [-0.15, -0.1) is 0 Å². The van der Waals surface area contributed by atoms with Crippen LogP contribution in [0.5, 0.6) is 5.75 Å². The van der Waals surface area contributed by atoms with E-state index in [1.807, 2.05) is 38.1 Å². The molecular formula is C32H39N3O5S. The molecule has 0 bridgehead atoms. The summed E-state index contributed by atoms with van der Waals surface area (Å²) in [7, 11) is -4.11. The highest BCUT2D eigenvalue weighted by molar-refractivity contribution is 7.92. The predicted octanol–water partition coefficient (Wildman–Crippen LogP) is 5.07. The lowest BCUT2D eigenvalue weighted by Crippen LogP contribution is -2.52. The van der Waals surface area contributed by atoms with Crippen LogP contribution in [0.3, 0.4) is 0 Å². The minimum Gasteiger partial charge on any atom is -0.494 e. The van der Waals surface area contributed by atoms with Crippen molar-refractivity contribution in [1.82, 2.24) is 10.2 Å². The van der Waals surface area contributed by atoms with Crippen molar-refractivity contribution in [1.29, 1.82) is 0 Å². The molecule has 1 saturated carbocycles. The molecule has 0 heterocycles. The number of hydrogen-bond acceptors (Lipinski definition) is 5. The number of amides is 2. The molecule has 1 aliphatic carbocycles. The molecule has 1 N–H and O–H groups in total. The first-order valence-corrected chi connectivity index (χ1v) is 15.6. The molecule has 0 spiro atoms. The van der Waals surface area contributed by atoms with Gasteiger partial charge in [0.1, 0.15) is 18.3 Å². The van der Waals surface area contributed by atoms with Gasteiger partial charge in [-0.2, -0.15) is 0 Å². The van der Waals surface area contributed by atoms with E-state index in [9.17, 15) is 18.0 Å². The average molecular weight is 578 g/mol. The predicted molar refractivity (Wildman–Crippen MR) is 160 cm³/mol. The number of sulfonamides is 1. The van der Waals surface area contributed by atoms with Crippen molar-refractivity contribution >= 4 is 27.5 Å². The monoisotopic (exact) mass is 577 g/mol. The molecule has 0 saturated heterocycles. The second-order valence-electron chi connectivity index (χ2n) is 10.4. The third kappa shape index (κ3) is 7.67. The van der Waals surface area contributed by atoms with Crippen LogP contribution in [-0.2, 0) is 26.2 Å². The van der Waals surface area contributed by atoms with Crippen molar-refractivity contribution in [2.75, 3.05) is 17.5 Å². The molecule has 3 aromatic carbocycles. The average Bonchev–Trinajstić information content (AvgIpc) is 3.49. The molecule has 0 aromatic heterocycles. The highest BCUT2D eigenvalue weighted by atomic mass is 32.2. The first kappa shape index (κ1) is 30.1. The molecule has 218 valence electrons. The summed E-state index contributed by atoms with van der Waals surface area (Å²) in [6.45, 7) is 5.71. The van der Waals surface area contributed by atoms with Gasteiger partial charge in [-0.3, -0.25) is 13.9 Å². The van der Waals surface area contributed by atoms with Gasteiger partial charge in [-0.05, 0) is 75.6 Å². The van der Waals surface area contributed by atoms with Crippen LogP contribution in [0.15, 0.2) is 83.8 Å². The molecule has 2 amide bonds. The summed E-state index contributed by atoms with van der Waals surface area (Å²) in [5.41, 5.74) is 2.25. The van der Waals surface area contributed by atoms with E-state index in [-0.39, 0.29) is 23.4 Å². The van der Waals surface area contributed by atoms with Gasteiger partial charge in [-0.1, -0.05) is 60.9 Å². The second kappa shape index (κ2) is 13.7.